The van der Waals surface area contributed by atoms with Crippen LogP contribution in [0, 0.1) is 18.8 Å². The quantitative estimate of drug-likeness (QED) is 0.734. The first-order chi connectivity index (χ1) is 12.1. The molecule has 134 valence electrons. The van der Waals surface area contributed by atoms with Crippen molar-refractivity contribution in [3.8, 4) is 0 Å². The number of rotatable bonds is 6. The second-order valence-electron chi connectivity index (χ2n) is 6.73. The lowest BCUT2D eigenvalue weighted by Gasteiger charge is -2.25. The van der Waals surface area contributed by atoms with E-state index < -0.39 is 6.10 Å². The van der Waals surface area contributed by atoms with E-state index in [1.807, 2.05) is 37.3 Å². The molecule has 4 atom stereocenters. The molecule has 0 bridgehead atoms. The van der Waals surface area contributed by atoms with E-state index >= 15 is 0 Å². The second-order valence-corrected chi connectivity index (χ2v) is 7.17. The van der Waals surface area contributed by atoms with Crippen LogP contribution in [0.5, 0.6) is 0 Å². The minimum absolute atomic E-state index is 0.0226. The van der Waals surface area contributed by atoms with Crippen LogP contribution in [0.25, 0.3) is 0 Å². The van der Waals surface area contributed by atoms with Gasteiger partial charge in [-0.2, -0.15) is 0 Å². The third kappa shape index (κ3) is 4.55. The lowest BCUT2D eigenvalue weighted by Crippen LogP contribution is -2.36. The minimum Gasteiger partial charge on any atom is -0.396 e. The molecule has 1 aliphatic carbocycles. The fraction of sp³-hybridized carbons (Fsp3) is 0.474. The van der Waals surface area contributed by atoms with E-state index in [0.29, 0.717) is 24.4 Å². The van der Waals surface area contributed by atoms with Gasteiger partial charge in [-0.05, 0) is 49.4 Å². The number of nitrogens with zero attached hydrogens (tertiary/aromatic N) is 2. The van der Waals surface area contributed by atoms with E-state index in [1.54, 1.807) is 6.20 Å². The fourth-order valence-electron chi connectivity index (χ4n) is 3.74. The van der Waals surface area contributed by atoms with Gasteiger partial charge >= 0.3 is 0 Å². The molecule has 1 fully saturated rings. The maximum atomic E-state index is 10.3. The van der Waals surface area contributed by atoms with Crippen molar-refractivity contribution in [2.45, 2.75) is 38.5 Å². The Labute approximate surface area is 153 Å². The minimum atomic E-state index is -0.505. The summed E-state index contributed by atoms with van der Waals surface area (Å²) in [5.74, 6) is 0.709. The molecule has 0 unspecified atom stereocenters. The summed E-state index contributed by atoms with van der Waals surface area (Å²) in [6, 6.07) is 9.76. The highest BCUT2D eigenvalue weighted by Gasteiger charge is 2.41. The highest BCUT2D eigenvalue weighted by atomic mass is 35.5. The predicted octanol–water partition coefficient (Wildman–Crippen LogP) is 2.13. The standard InChI is InChI=1S/C19H24ClN3O2/c1-12-21-6-5-15(23-12)8-16-17(11-24)19(25)9-18(16)22-10-13-3-2-4-14(20)7-13/h2-7,16-19,22,24-25H,8-11H2,1H3/t16-,17-,18-,19-/m1/s1. The van der Waals surface area contributed by atoms with Crippen molar-refractivity contribution in [2.75, 3.05) is 6.61 Å². The van der Waals surface area contributed by atoms with Crippen molar-refractivity contribution in [3.63, 3.8) is 0 Å². The number of aryl methyl sites for hydroxylation is 1. The number of aliphatic hydroxyl groups is 2. The third-order valence-electron chi connectivity index (χ3n) is 5.00. The molecule has 25 heavy (non-hydrogen) atoms. The van der Waals surface area contributed by atoms with Gasteiger partial charge < -0.3 is 15.5 Å². The van der Waals surface area contributed by atoms with Gasteiger partial charge in [0.2, 0.25) is 0 Å². The molecule has 3 rings (SSSR count). The van der Waals surface area contributed by atoms with Gasteiger partial charge in [-0.1, -0.05) is 23.7 Å². The van der Waals surface area contributed by atoms with Gasteiger partial charge in [-0.25, -0.2) is 9.97 Å². The number of benzene rings is 1. The lowest BCUT2D eigenvalue weighted by molar-refractivity contribution is 0.0716. The molecule has 0 saturated heterocycles. The molecular formula is C19H24ClN3O2. The molecule has 1 aliphatic rings. The van der Waals surface area contributed by atoms with Crippen molar-refractivity contribution in [2.24, 2.45) is 11.8 Å². The van der Waals surface area contributed by atoms with Crippen LogP contribution in [0.1, 0.15) is 23.5 Å². The van der Waals surface area contributed by atoms with Gasteiger partial charge in [-0.3, -0.25) is 0 Å². The lowest BCUT2D eigenvalue weighted by atomic mass is 9.88. The van der Waals surface area contributed by atoms with Crippen LogP contribution in [-0.2, 0) is 13.0 Å². The average molecular weight is 362 g/mol. The Hall–Kier alpha value is -1.53. The van der Waals surface area contributed by atoms with Crippen LogP contribution in [0.3, 0.4) is 0 Å². The Balaban J connectivity index is 1.71. The zero-order valence-electron chi connectivity index (χ0n) is 14.3. The van der Waals surface area contributed by atoms with Crippen LogP contribution in [0.2, 0.25) is 5.02 Å². The molecule has 0 aliphatic heterocycles. The Morgan fingerprint density at radius 2 is 2.12 bits per heavy atom. The number of hydrogen-bond donors (Lipinski definition) is 3. The van der Waals surface area contributed by atoms with Gasteiger partial charge in [0.1, 0.15) is 5.82 Å². The highest BCUT2D eigenvalue weighted by molar-refractivity contribution is 6.30. The largest absolute Gasteiger partial charge is 0.396 e. The summed E-state index contributed by atoms with van der Waals surface area (Å²) in [4.78, 5) is 8.61. The monoisotopic (exact) mass is 361 g/mol. The fourth-order valence-corrected chi connectivity index (χ4v) is 3.95. The molecule has 3 N–H and O–H groups in total. The SMILES string of the molecule is Cc1nccc(C[C@@H]2[C@@H](CO)[C@H](O)C[C@H]2NCc2cccc(Cl)c2)n1. The van der Waals surface area contributed by atoms with Crippen molar-refractivity contribution < 1.29 is 10.2 Å². The predicted molar refractivity (Wildman–Crippen MR) is 97.2 cm³/mol. The smallest absolute Gasteiger partial charge is 0.125 e. The highest BCUT2D eigenvalue weighted by Crippen LogP contribution is 2.34. The maximum absolute atomic E-state index is 10.3. The van der Waals surface area contributed by atoms with Crippen LogP contribution < -0.4 is 5.32 Å². The van der Waals surface area contributed by atoms with Gasteiger partial charge in [0.15, 0.2) is 0 Å². The van der Waals surface area contributed by atoms with E-state index in [9.17, 15) is 10.2 Å². The first-order valence-corrected chi connectivity index (χ1v) is 9.00. The van der Waals surface area contributed by atoms with Crippen molar-refractivity contribution >= 4 is 11.6 Å². The molecule has 1 aromatic carbocycles. The van der Waals surface area contributed by atoms with E-state index in [4.69, 9.17) is 11.6 Å². The van der Waals surface area contributed by atoms with Gasteiger partial charge in [-0.15, -0.1) is 0 Å². The molecule has 1 aromatic heterocycles. The van der Waals surface area contributed by atoms with E-state index in [2.05, 4.69) is 15.3 Å². The summed E-state index contributed by atoms with van der Waals surface area (Å²) < 4.78 is 0. The Bertz CT molecular complexity index is 713. The summed E-state index contributed by atoms with van der Waals surface area (Å²) in [6.07, 6.45) is 2.58. The first-order valence-electron chi connectivity index (χ1n) is 8.62. The molecule has 0 radical (unpaired) electrons. The Morgan fingerprint density at radius 3 is 2.84 bits per heavy atom. The van der Waals surface area contributed by atoms with Crippen LogP contribution in [-0.4, -0.2) is 38.9 Å². The molecule has 0 spiro atoms. The Morgan fingerprint density at radius 1 is 1.28 bits per heavy atom. The van der Waals surface area contributed by atoms with Gasteiger partial charge in [0.05, 0.1) is 6.10 Å². The summed E-state index contributed by atoms with van der Waals surface area (Å²) >= 11 is 6.04. The molecule has 1 saturated carbocycles. The molecule has 6 heteroatoms. The van der Waals surface area contributed by atoms with Crippen LogP contribution in [0.4, 0.5) is 0 Å². The topological polar surface area (TPSA) is 78.3 Å². The molecule has 1 heterocycles. The number of aliphatic hydroxyl groups excluding tert-OH is 2. The van der Waals surface area contributed by atoms with Gasteiger partial charge in [0, 0.05) is 42.0 Å². The molecule has 0 amide bonds. The second kappa shape index (κ2) is 8.23. The molecular weight excluding hydrogens is 338 g/mol. The van der Waals surface area contributed by atoms with Crippen LogP contribution >= 0.6 is 11.6 Å². The van der Waals surface area contributed by atoms with Crippen molar-refractivity contribution in [1.29, 1.82) is 0 Å². The third-order valence-corrected chi connectivity index (χ3v) is 5.24. The van der Waals surface area contributed by atoms with Crippen molar-refractivity contribution in [1.82, 2.24) is 15.3 Å². The number of halogens is 1. The number of nitrogens with one attached hydrogen (secondary N) is 1. The zero-order valence-corrected chi connectivity index (χ0v) is 15.0. The number of hydrogen-bond acceptors (Lipinski definition) is 5. The summed E-state index contributed by atoms with van der Waals surface area (Å²) in [6.45, 7) is 2.52. The van der Waals surface area contributed by atoms with E-state index in [-0.39, 0.29) is 24.5 Å². The summed E-state index contributed by atoms with van der Waals surface area (Å²) in [5.41, 5.74) is 2.05. The number of aromatic nitrogens is 2. The van der Waals surface area contributed by atoms with E-state index in [0.717, 1.165) is 17.1 Å². The normalized spacial score (nSPS) is 26.1. The van der Waals surface area contributed by atoms with Gasteiger partial charge in [0.25, 0.3) is 0 Å². The van der Waals surface area contributed by atoms with Crippen LogP contribution in [0.15, 0.2) is 36.5 Å². The molecule has 5 nitrogen and oxygen atoms in total. The Kier molecular flexibility index (Phi) is 6.02. The van der Waals surface area contributed by atoms with Crippen molar-refractivity contribution in [3.05, 3.63) is 58.6 Å². The summed E-state index contributed by atoms with van der Waals surface area (Å²) in [7, 11) is 0. The summed E-state index contributed by atoms with van der Waals surface area (Å²) in [5, 5.41) is 24.3. The first kappa shape index (κ1) is 18.3. The zero-order chi connectivity index (χ0) is 17.8. The average Bonchev–Trinajstić information content (AvgIpc) is 2.88. The molecule has 2 aromatic rings. The maximum Gasteiger partial charge on any atom is 0.125 e. The van der Waals surface area contributed by atoms with E-state index in [1.165, 1.54) is 0 Å².